The van der Waals surface area contributed by atoms with Gasteiger partial charge in [0.15, 0.2) is 5.78 Å². The zero-order chi connectivity index (χ0) is 11.8. The van der Waals surface area contributed by atoms with Crippen LogP contribution in [0.15, 0.2) is 11.1 Å². The number of rotatable bonds is 1. The van der Waals surface area contributed by atoms with Crippen molar-refractivity contribution < 1.29 is 4.79 Å². The number of carbonyl (C=O) groups excluding carboxylic acids is 1. The molecule has 0 N–H and O–H groups in total. The van der Waals surface area contributed by atoms with Gasteiger partial charge in [0.2, 0.25) is 0 Å². The van der Waals surface area contributed by atoms with Gasteiger partial charge in [0.25, 0.3) is 0 Å². The molecule has 0 aromatic carbocycles. The Labute approximate surface area is 104 Å². The molecular formula is C15H23NO. The van der Waals surface area contributed by atoms with E-state index < -0.39 is 0 Å². The van der Waals surface area contributed by atoms with Crippen LogP contribution in [0.5, 0.6) is 0 Å². The summed E-state index contributed by atoms with van der Waals surface area (Å²) in [6, 6.07) is 0.749. The van der Waals surface area contributed by atoms with Crippen molar-refractivity contribution in [2.75, 3.05) is 13.1 Å². The summed E-state index contributed by atoms with van der Waals surface area (Å²) >= 11 is 0. The second-order valence-electron chi connectivity index (χ2n) is 5.87. The Morgan fingerprint density at radius 1 is 1.24 bits per heavy atom. The van der Waals surface area contributed by atoms with Crippen LogP contribution in [0.2, 0.25) is 0 Å². The number of hydrogen-bond donors (Lipinski definition) is 0. The molecule has 2 atom stereocenters. The van der Waals surface area contributed by atoms with Gasteiger partial charge in [0.1, 0.15) is 0 Å². The lowest BCUT2D eigenvalue weighted by atomic mass is 9.71. The van der Waals surface area contributed by atoms with Crippen LogP contribution in [0.25, 0.3) is 0 Å². The molecule has 0 saturated carbocycles. The predicted octanol–water partition coefficient (Wildman–Crippen LogP) is 2.93. The second kappa shape index (κ2) is 4.56. The smallest absolute Gasteiger partial charge is 0.158 e. The molecule has 2 heteroatoms. The Bertz CT molecular complexity index is 358. The largest absolute Gasteiger partial charge is 0.300 e. The molecule has 0 amide bonds. The van der Waals surface area contributed by atoms with Crippen molar-refractivity contribution in [3.8, 4) is 0 Å². The molecule has 3 rings (SSSR count). The Hall–Kier alpha value is -0.630. The van der Waals surface area contributed by atoms with Gasteiger partial charge >= 0.3 is 0 Å². The fourth-order valence-electron chi connectivity index (χ4n) is 4.10. The maximum atomic E-state index is 12.0. The van der Waals surface area contributed by atoms with Crippen molar-refractivity contribution in [2.45, 2.75) is 57.9 Å². The lowest BCUT2D eigenvalue weighted by Crippen LogP contribution is -2.47. The number of carbonyl (C=O) groups is 1. The van der Waals surface area contributed by atoms with E-state index in [1.54, 1.807) is 0 Å². The number of likely N-dealkylation sites (tertiary alicyclic amines) is 1. The van der Waals surface area contributed by atoms with E-state index in [2.05, 4.69) is 11.8 Å². The van der Waals surface area contributed by atoms with Gasteiger partial charge in [-0.2, -0.15) is 0 Å². The lowest BCUT2D eigenvalue weighted by Gasteiger charge is -2.45. The number of nitrogens with zero attached hydrogens (tertiary/aromatic N) is 1. The minimum absolute atomic E-state index is 0.471. The molecule has 2 nitrogen and oxygen atoms in total. The summed E-state index contributed by atoms with van der Waals surface area (Å²) in [5.41, 5.74) is 2.76. The number of hydrogen-bond acceptors (Lipinski definition) is 2. The van der Waals surface area contributed by atoms with Crippen LogP contribution in [-0.2, 0) is 4.79 Å². The van der Waals surface area contributed by atoms with Crippen LogP contribution in [0, 0.1) is 5.92 Å². The van der Waals surface area contributed by atoms with E-state index in [9.17, 15) is 4.79 Å². The Kier molecular flexibility index (Phi) is 3.08. The summed E-state index contributed by atoms with van der Waals surface area (Å²) in [6.07, 6.45) is 8.06. The molecular weight excluding hydrogens is 210 g/mol. The highest BCUT2D eigenvalue weighted by Gasteiger charge is 2.38. The summed E-state index contributed by atoms with van der Waals surface area (Å²) in [5, 5.41) is 0. The minimum Gasteiger partial charge on any atom is -0.300 e. The van der Waals surface area contributed by atoms with Crippen molar-refractivity contribution in [1.29, 1.82) is 0 Å². The standard InChI is InChI=1S/C15H23NO/c1-2-16-8-4-6-12-9-13-11(10-14(12)16)5-3-7-15(13)17/h12,14H,2-10H2,1H3/t12-,14-/m1/s1. The summed E-state index contributed by atoms with van der Waals surface area (Å²) in [7, 11) is 0. The highest BCUT2D eigenvalue weighted by atomic mass is 16.1. The van der Waals surface area contributed by atoms with E-state index in [1.165, 1.54) is 49.9 Å². The van der Waals surface area contributed by atoms with Crippen molar-refractivity contribution in [1.82, 2.24) is 4.90 Å². The van der Waals surface area contributed by atoms with Gasteiger partial charge in [-0.15, -0.1) is 0 Å². The summed E-state index contributed by atoms with van der Waals surface area (Å²) in [6.45, 7) is 4.73. The lowest BCUT2D eigenvalue weighted by molar-refractivity contribution is -0.116. The van der Waals surface area contributed by atoms with Crippen molar-refractivity contribution in [3.63, 3.8) is 0 Å². The fraction of sp³-hybridized carbons (Fsp3) is 0.800. The third-order valence-corrected chi connectivity index (χ3v) is 5.01. The van der Waals surface area contributed by atoms with E-state index >= 15 is 0 Å². The molecule has 1 saturated heterocycles. The van der Waals surface area contributed by atoms with Crippen molar-refractivity contribution in [2.24, 2.45) is 5.92 Å². The van der Waals surface area contributed by atoms with Crippen LogP contribution in [-0.4, -0.2) is 29.8 Å². The third kappa shape index (κ3) is 1.97. The van der Waals surface area contributed by atoms with Crippen LogP contribution in [0.3, 0.4) is 0 Å². The average Bonchev–Trinajstić information content (AvgIpc) is 2.36. The van der Waals surface area contributed by atoms with Gasteiger partial charge in [-0.3, -0.25) is 4.79 Å². The molecule has 94 valence electrons. The summed E-state index contributed by atoms with van der Waals surface area (Å²) in [4.78, 5) is 14.6. The van der Waals surface area contributed by atoms with Crippen LogP contribution in [0.1, 0.15) is 51.9 Å². The molecule has 3 aliphatic rings. The van der Waals surface area contributed by atoms with Crippen molar-refractivity contribution in [3.05, 3.63) is 11.1 Å². The number of allylic oxidation sites excluding steroid dienone is 1. The van der Waals surface area contributed by atoms with Gasteiger partial charge < -0.3 is 4.90 Å². The quantitative estimate of drug-likeness (QED) is 0.694. The number of piperidine rings is 1. The van der Waals surface area contributed by atoms with Crippen LogP contribution >= 0.6 is 0 Å². The summed E-state index contributed by atoms with van der Waals surface area (Å²) < 4.78 is 0. The second-order valence-corrected chi connectivity index (χ2v) is 5.87. The molecule has 0 bridgehead atoms. The van der Waals surface area contributed by atoms with E-state index in [0.29, 0.717) is 5.78 Å². The number of ketones is 1. The molecule has 17 heavy (non-hydrogen) atoms. The van der Waals surface area contributed by atoms with Gasteiger partial charge in [0, 0.05) is 12.5 Å². The van der Waals surface area contributed by atoms with Gasteiger partial charge in [-0.25, -0.2) is 0 Å². The molecule has 0 radical (unpaired) electrons. The first-order valence-corrected chi connectivity index (χ1v) is 7.27. The Balaban J connectivity index is 1.85. The number of Topliss-reactive ketones (excluding diaryl/α,β-unsaturated/α-hetero) is 1. The molecule has 1 heterocycles. The Morgan fingerprint density at radius 3 is 2.94 bits per heavy atom. The SMILES string of the molecule is CCN1CCC[C@@H]2CC3=C(CCCC3=O)C[C@H]21. The number of fused-ring (bicyclic) bond motifs is 1. The first-order valence-electron chi connectivity index (χ1n) is 7.27. The molecule has 2 aliphatic carbocycles. The highest BCUT2D eigenvalue weighted by Crippen LogP contribution is 2.42. The normalized spacial score (nSPS) is 34.5. The van der Waals surface area contributed by atoms with Gasteiger partial charge in [0.05, 0.1) is 0 Å². The molecule has 0 aromatic heterocycles. The molecule has 1 fully saturated rings. The fourth-order valence-corrected chi connectivity index (χ4v) is 4.10. The van der Waals surface area contributed by atoms with E-state index in [0.717, 1.165) is 31.2 Å². The monoisotopic (exact) mass is 233 g/mol. The maximum absolute atomic E-state index is 12.0. The molecule has 0 aromatic rings. The predicted molar refractivity (Wildman–Crippen MR) is 68.9 cm³/mol. The molecule has 0 spiro atoms. The minimum atomic E-state index is 0.471. The van der Waals surface area contributed by atoms with Gasteiger partial charge in [-0.05, 0) is 63.1 Å². The Morgan fingerprint density at radius 2 is 2.12 bits per heavy atom. The first kappa shape index (κ1) is 11.5. The molecule has 1 aliphatic heterocycles. The van der Waals surface area contributed by atoms with E-state index in [-0.39, 0.29) is 0 Å². The highest BCUT2D eigenvalue weighted by molar-refractivity contribution is 5.97. The van der Waals surface area contributed by atoms with Crippen molar-refractivity contribution >= 4 is 5.78 Å². The molecule has 0 unspecified atom stereocenters. The van der Waals surface area contributed by atoms with Crippen LogP contribution in [0.4, 0.5) is 0 Å². The third-order valence-electron chi connectivity index (χ3n) is 5.01. The van der Waals surface area contributed by atoms with E-state index in [4.69, 9.17) is 0 Å². The first-order chi connectivity index (χ1) is 8.29. The maximum Gasteiger partial charge on any atom is 0.158 e. The van der Waals surface area contributed by atoms with Gasteiger partial charge in [-0.1, -0.05) is 12.5 Å². The topological polar surface area (TPSA) is 20.3 Å². The zero-order valence-corrected chi connectivity index (χ0v) is 10.9. The summed E-state index contributed by atoms with van der Waals surface area (Å²) in [5.74, 6) is 1.24. The van der Waals surface area contributed by atoms with Crippen LogP contribution < -0.4 is 0 Å². The zero-order valence-electron chi connectivity index (χ0n) is 10.9. The van der Waals surface area contributed by atoms with E-state index in [1.807, 2.05) is 0 Å². The average molecular weight is 233 g/mol.